The average Bonchev–Trinajstić information content (AvgIpc) is 1.88. The third kappa shape index (κ3) is 1.82. The van der Waals surface area contributed by atoms with Crippen molar-refractivity contribution in [3.63, 3.8) is 0 Å². The summed E-state index contributed by atoms with van der Waals surface area (Å²) in [5.41, 5.74) is 0. The van der Waals surface area contributed by atoms with E-state index in [9.17, 15) is 0 Å². The van der Waals surface area contributed by atoms with Gasteiger partial charge in [0.1, 0.15) is 0 Å². The number of hydrogen-bond donors (Lipinski definition) is 1. The second kappa shape index (κ2) is 3.17. The molecule has 1 aliphatic rings. The molecule has 2 nitrogen and oxygen atoms in total. The van der Waals surface area contributed by atoms with E-state index in [2.05, 4.69) is 25.1 Å². The first-order valence-electron chi connectivity index (χ1n) is 3.73. The summed E-state index contributed by atoms with van der Waals surface area (Å²) in [6, 6.07) is 0.531. The Morgan fingerprint density at radius 1 is 1.30 bits per heavy atom. The molecule has 0 aromatic heterocycles. The molecule has 0 aliphatic heterocycles. The van der Waals surface area contributed by atoms with Crippen molar-refractivity contribution in [1.82, 2.24) is 4.90 Å². The van der Waals surface area contributed by atoms with Gasteiger partial charge in [0.25, 0.3) is 0 Å². The smallest absolute Gasteiger partial charge is 0.0722 e. The molecule has 0 bridgehead atoms. The molecule has 1 N–H and O–H groups in total. The van der Waals surface area contributed by atoms with Gasteiger partial charge in [-0.2, -0.15) is 0 Å². The Kier molecular flexibility index (Phi) is 2.46. The highest BCUT2D eigenvalue weighted by molar-refractivity contribution is 5.01. The number of nitrogens with zero attached hydrogens (tertiary/aromatic N) is 1. The molecule has 0 aromatic rings. The maximum absolute atomic E-state index is 9.10. The molecule has 0 fully saturated rings. The fourth-order valence-corrected chi connectivity index (χ4v) is 1.22. The van der Waals surface area contributed by atoms with E-state index >= 15 is 0 Å². The molecule has 0 saturated carbocycles. The average molecular weight is 141 g/mol. The van der Waals surface area contributed by atoms with Crippen LogP contribution >= 0.6 is 0 Å². The third-order valence-corrected chi connectivity index (χ3v) is 1.98. The molecule has 2 atom stereocenters. The van der Waals surface area contributed by atoms with Crippen molar-refractivity contribution in [2.45, 2.75) is 25.0 Å². The molecule has 1 rings (SSSR count). The van der Waals surface area contributed by atoms with Gasteiger partial charge in [-0.25, -0.2) is 0 Å². The molecule has 1 aliphatic carbocycles. The van der Waals surface area contributed by atoms with Crippen LogP contribution < -0.4 is 0 Å². The first-order chi connectivity index (χ1) is 4.70. The molecule has 0 aromatic carbocycles. The number of rotatable bonds is 1. The van der Waals surface area contributed by atoms with Crippen LogP contribution in [0.2, 0.25) is 0 Å². The van der Waals surface area contributed by atoms with Crippen LogP contribution in [0.5, 0.6) is 0 Å². The highest BCUT2D eigenvalue weighted by Crippen LogP contribution is 2.14. The maximum Gasteiger partial charge on any atom is 0.0722 e. The summed E-state index contributed by atoms with van der Waals surface area (Å²) in [4.78, 5) is 2.17. The second-order valence-corrected chi connectivity index (χ2v) is 3.06. The molecule has 10 heavy (non-hydrogen) atoms. The summed E-state index contributed by atoms with van der Waals surface area (Å²) >= 11 is 0. The zero-order valence-corrected chi connectivity index (χ0v) is 6.62. The van der Waals surface area contributed by atoms with Crippen LogP contribution in [-0.2, 0) is 0 Å². The molecular formula is C8H15NO. The van der Waals surface area contributed by atoms with Gasteiger partial charge in [-0.05, 0) is 26.9 Å². The lowest BCUT2D eigenvalue weighted by molar-refractivity contribution is 0.182. The number of likely N-dealkylation sites (N-methyl/N-ethyl adjacent to an activating group) is 1. The number of aliphatic hydroxyl groups excluding tert-OH is 1. The van der Waals surface area contributed by atoms with Crippen molar-refractivity contribution in [1.29, 1.82) is 0 Å². The predicted molar refractivity (Wildman–Crippen MR) is 41.9 cm³/mol. The molecule has 2 heteroatoms. The standard InChI is InChI=1S/C8H15NO/c1-9(2)7-3-5-8(10)6-4-7/h3,5,7-8,10H,4,6H2,1-2H3/t7-,8-/m1/s1. The first kappa shape index (κ1) is 7.76. The fourth-order valence-electron chi connectivity index (χ4n) is 1.22. The van der Waals surface area contributed by atoms with Gasteiger partial charge in [-0.3, -0.25) is 0 Å². The van der Waals surface area contributed by atoms with Crippen LogP contribution in [0.15, 0.2) is 12.2 Å². The summed E-state index contributed by atoms with van der Waals surface area (Å²) < 4.78 is 0. The van der Waals surface area contributed by atoms with Crippen molar-refractivity contribution < 1.29 is 5.11 Å². The van der Waals surface area contributed by atoms with E-state index in [1.165, 1.54) is 0 Å². The summed E-state index contributed by atoms with van der Waals surface area (Å²) in [5.74, 6) is 0. The van der Waals surface area contributed by atoms with E-state index in [1.54, 1.807) is 0 Å². The molecule has 58 valence electrons. The Bertz CT molecular complexity index is 131. The molecular weight excluding hydrogens is 126 g/mol. The van der Waals surface area contributed by atoms with Gasteiger partial charge in [0.15, 0.2) is 0 Å². The van der Waals surface area contributed by atoms with Gasteiger partial charge >= 0.3 is 0 Å². The van der Waals surface area contributed by atoms with Gasteiger partial charge in [0, 0.05) is 6.04 Å². The fraction of sp³-hybridized carbons (Fsp3) is 0.750. The number of hydrogen-bond acceptors (Lipinski definition) is 2. The van der Waals surface area contributed by atoms with E-state index in [0.29, 0.717) is 6.04 Å². The largest absolute Gasteiger partial charge is 0.389 e. The third-order valence-electron chi connectivity index (χ3n) is 1.98. The molecule has 0 heterocycles. The quantitative estimate of drug-likeness (QED) is 0.541. The minimum Gasteiger partial charge on any atom is -0.389 e. The molecule has 0 saturated heterocycles. The van der Waals surface area contributed by atoms with Crippen molar-refractivity contribution >= 4 is 0 Å². The first-order valence-corrected chi connectivity index (χ1v) is 3.73. The second-order valence-electron chi connectivity index (χ2n) is 3.06. The van der Waals surface area contributed by atoms with Crippen molar-refractivity contribution in [2.75, 3.05) is 14.1 Å². The molecule has 0 radical (unpaired) electrons. The summed E-state index contributed by atoms with van der Waals surface area (Å²) in [6.45, 7) is 0. The van der Waals surface area contributed by atoms with Crippen LogP contribution in [0, 0.1) is 0 Å². The minimum absolute atomic E-state index is 0.198. The van der Waals surface area contributed by atoms with E-state index in [-0.39, 0.29) is 6.10 Å². The van der Waals surface area contributed by atoms with Gasteiger partial charge < -0.3 is 10.0 Å². The Labute approximate surface area is 62.2 Å². The van der Waals surface area contributed by atoms with Crippen molar-refractivity contribution in [2.24, 2.45) is 0 Å². The van der Waals surface area contributed by atoms with E-state index in [4.69, 9.17) is 5.11 Å². The topological polar surface area (TPSA) is 23.5 Å². The molecule has 0 amide bonds. The SMILES string of the molecule is CN(C)[C@@H]1C=C[C@@H](O)CC1. The maximum atomic E-state index is 9.10. The van der Waals surface area contributed by atoms with Crippen LogP contribution in [0.3, 0.4) is 0 Å². The lowest BCUT2D eigenvalue weighted by Crippen LogP contribution is -2.29. The summed E-state index contributed by atoms with van der Waals surface area (Å²) in [6.07, 6.45) is 5.74. The Hall–Kier alpha value is -0.340. The minimum atomic E-state index is -0.198. The Morgan fingerprint density at radius 3 is 2.40 bits per heavy atom. The normalized spacial score (nSPS) is 33.2. The molecule has 0 unspecified atom stereocenters. The van der Waals surface area contributed by atoms with Crippen molar-refractivity contribution in [3.05, 3.63) is 12.2 Å². The Balaban J connectivity index is 2.45. The molecule has 0 spiro atoms. The summed E-state index contributed by atoms with van der Waals surface area (Å²) in [7, 11) is 4.12. The van der Waals surface area contributed by atoms with E-state index in [1.807, 2.05) is 6.08 Å². The number of aliphatic hydroxyl groups is 1. The Morgan fingerprint density at radius 2 is 2.00 bits per heavy atom. The summed E-state index contributed by atoms with van der Waals surface area (Å²) in [5, 5.41) is 9.10. The zero-order chi connectivity index (χ0) is 7.56. The monoisotopic (exact) mass is 141 g/mol. The van der Waals surface area contributed by atoms with Gasteiger partial charge in [-0.15, -0.1) is 0 Å². The van der Waals surface area contributed by atoms with Crippen molar-refractivity contribution in [3.8, 4) is 0 Å². The highest BCUT2D eigenvalue weighted by atomic mass is 16.3. The highest BCUT2D eigenvalue weighted by Gasteiger charge is 2.14. The predicted octanol–water partition coefficient (Wildman–Crippen LogP) is 0.627. The van der Waals surface area contributed by atoms with Gasteiger partial charge in [-0.1, -0.05) is 12.2 Å². The lowest BCUT2D eigenvalue weighted by atomic mass is 10.0. The van der Waals surface area contributed by atoms with Gasteiger partial charge in [0.2, 0.25) is 0 Å². The lowest BCUT2D eigenvalue weighted by Gasteiger charge is -2.25. The van der Waals surface area contributed by atoms with E-state index in [0.717, 1.165) is 12.8 Å². The van der Waals surface area contributed by atoms with Crippen LogP contribution in [0.1, 0.15) is 12.8 Å². The van der Waals surface area contributed by atoms with E-state index < -0.39 is 0 Å². The van der Waals surface area contributed by atoms with Crippen LogP contribution in [-0.4, -0.2) is 36.2 Å². The van der Waals surface area contributed by atoms with Crippen LogP contribution in [0.4, 0.5) is 0 Å². The zero-order valence-electron chi connectivity index (χ0n) is 6.62. The van der Waals surface area contributed by atoms with Crippen LogP contribution in [0.25, 0.3) is 0 Å². The van der Waals surface area contributed by atoms with Gasteiger partial charge in [0.05, 0.1) is 6.10 Å².